The number of nitrogens with zero attached hydrogens (tertiary/aromatic N) is 1. The highest BCUT2D eigenvalue weighted by molar-refractivity contribution is 5.85. The molecule has 0 unspecified atom stereocenters. The number of carboxylic acid groups (broad SMARTS) is 1. The number of carbonyl (C=O) groups is 2. The Morgan fingerprint density at radius 2 is 1.78 bits per heavy atom. The van der Waals surface area contributed by atoms with Crippen LogP contribution in [0.4, 0.5) is 0 Å². The van der Waals surface area contributed by atoms with Crippen LogP contribution in [0.15, 0.2) is 0 Å². The minimum absolute atomic E-state index is 0.0858. The van der Waals surface area contributed by atoms with Crippen LogP contribution in [0.3, 0.4) is 0 Å². The number of methoxy groups -OCH3 is 2. The van der Waals surface area contributed by atoms with Gasteiger partial charge in [0, 0.05) is 33.9 Å². The van der Waals surface area contributed by atoms with Crippen molar-refractivity contribution >= 4 is 11.9 Å². The zero-order valence-corrected chi connectivity index (χ0v) is 14.3. The second-order valence-corrected chi connectivity index (χ2v) is 7.08. The van der Waals surface area contributed by atoms with Crippen molar-refractivity contribution in [2.75, 3.05) is 40.5 Å². The van der Waals surface area contributed by atoms with Gasteiger partial charge in [-0.05, 0) is 38.5 Å². The Morgan fingerprint density at radius 3 is 2.30 bits per heavy atom. The van der Waals surface area contributed by atoms with E-state index in [1.54, 1.807) is 19.1 Å². The molecule has 1 atom stereocenters. The Hall–Kier alpha value is -1.14. The van der Waals surface area contributed by atoms with Crippen molar-refractivity contribution in [2.24, 2.45) is 10.8 Å². The lowest BCUT2D eigenvalue weighted by Crippen LogP contribution is -2.56. The molecule has 6 nitrogen and oxygen atoms in total. The first-order valence-corrected chi connectivity index (χ1v) is 8.50. The molecule has 2 aliphatic rings. The van der Waals surface area contributed by atoms with Crippen molar-refractivity contribution in [3.63, 3.8) is 0 Å². The van der Waals surface area contributed by atoms with Crippen molar-refractivity contribution in [3.05, 3.63) is 0 Å². The fourth-order valence-electron chi connectivity index (χ4n) is 3.98. The predicted octanol–water partition coefficient (Wildman–Crippen LogP) is 1.92. The number of carbonyl (C=O) groups excluding carboxylic acids is 1. The number of likely N-dealkylation sites (tertiary alicyclic amines) is 1. The van der Waals surface area contributed by atoms with Crippen molar-refractivity contribution in [2.45, 2.75) is 44.9 Å². The minimum atomic E-state index is -0.829. The van der Waals surface area contributed by atoms with Gasteiger partial charge in [-0.1, -0.05) is 6.42 Å². The van der Waals surface area contributed by atoms with E-state index >= 15 is 0 Å². The maximum atomic E-state index is 13.0. The van der Waals surface area contributed by atoms with Gasteiger partial charge in [0.1, 0.15) is 0 Å². The van der Waals surface area contributed by atoms with Crippen LogP contribution in [-0.4, -0.2) is 62.4 Å². The van der Waals surface area contributed by atoms with E-state index in [1.165, 1.54) is 0 Å². The van der Waals surface area contributed by atoms with Crippen molar-refractivity contribution in [3.8, 4) is 0 Å². The first-order chi connectivity index (χ1) is 11.0. The van der Waals surface area contributed by atoms with Gasteiger partial charge in [-0.2, -0.15) is 0 Å². The minimum Gasteiger partial charge on any atom is -0.481 e. The van der Waals surface area contributed by atoms with E-state index in [0.717, 1.165) is 25.7 Å². The molecule has 1 aliphatic heterocycles. The average Bonchev–Trinajstić information content (AvgIpc) is 2.50. The molecule has 0 spiro atoms. The number of aliphatic carboxylic acids is 1. The number of ether oxygens (including phenoxy) is 2. The zero-order chi connectivity index (χ0) is 16.9. The van der Waals surface area contributed by atoms with E-state index in [9.17, 15) is 14.7 Å². The number of amides is 1. The fourth-order valence-corrected chi connectivity index (χ4v) is 3.98. The van der Waals surface area contributed by atoms with Gasteiger partial charge in [-0.25, -0.2) is 0 Å². The molecule has 1 saturated carbocycles. The van der Waals surface area contributed by atoms with E-state index in [4.69, 9.17) is 9.47 Å². The number of rotatable bonds is 8. The van der Waals surface area contributed by atoms with E-state index in [-0.39, 0.29) is 5.91 Å². The van der Waals surface area contributed by atoms with Gasteiger partial charge in [0.25, 0.3) is 0 Å². The van der Waals surface area contributed by atoms with E-state index in [2.05, 4.69) is 0 Å². The maximum absolute atomic E-state index is 13.0. The molecular weight excluding hydrogens is 298 g/mol. The summed E-state index contributed by atoms with van der Waals surface area (Å²) in [7, 11) is 3.24. The predicted molar refractivity (Wildman–Crippen MR) is 85.2 cm³/mol. The second kappa shape index (κ2) is 7.62. The summed E-state index contributed by atoms with van der Waals surface area (Å²) in [6.07, 6.45) is 5.37. The van der Waals surface area contributed by atoms with Crippen LogP contribution < -0.4 is 0 Å². The molecule has 1 saturated heterocycles. The Balaban J connectivity index is 2.08. The molecule has 0 bridgehead atoms. The normalized spacial score (nSPS) is 26.6. The highest BCUT2D eigenvalue weighted by Gasteiger charge is 2.50. The summed E-state index contributed by atoms with van der Waals surface area (Å²) < 4.78 is 10.3. The lowest BCUT2D eigenvalue weighted by molar-refractivity contribution is -0.163. The Labute approximate surface area is 138 Å². The molecule has 2 fully saturated rings. The summed E-state index contributed by atoms with van der Waals surface area (Å²) in [5.41, 5.74) is -1.24. The highest BCUT2D eigenvalue weighted by atomic mass is 16.5. The first-order valence-electron chi connectivity index (χ1n) is 8.50. The Morgan fingerprint density at radius 1 is 1.09 bits per heavy atom. The van der Waals surface area contributed by atoms with Gasteiger partial charge in [0.2, 0.25) is 5.91 Å². The molecule has 23 heavy (non-hydrogen) atoms. The molecule has 1 N–H and O–H groups in total. The maximum Gasteiger partial charge on any atom is 0.311 e. The SMILES string of the molecule is COCCC[C@@]1(C(=O)O)CCCN(C(=O)C2(COC)CCC2)C1. The van der Waals surface area contributed by atoms with Crippen molar-refractivity contribution in [1.82, 2.24) is 4.90 Å². The summed E-state index contributed by atoms with van der Waals surface area (Å²) in [4.78, 5) is 26.6. The van der Waals surface area contributed by atoms with E-state index < -0.39 is 16.8 Å². The first kappa shape index (κ1) is 18.2. The summed E-state index contributed by atoms with van der Waals surface area (Å²) in [5.74, 6) is -0.705. The van der Waals surface area contributed by atoms with Crippen LogP contribution in [0.25, 0.3) is 0 Å². The number of carboxylic acids is 1. The molecule has 132 valence electrons. The number of hydrogen-bond acceptors (Lipinski definition) is 4. The van der Waals surface area contributed by atoms with Gasteiger partial charge in [0.05, 0.1) is 17.4 Å². The average molecular weight is 327 g/mol. The topological polar surface area (TPSA) is 76.1 Å². The van der Waals surface area contributed by atoms with Crippen LogP contribution >= 0.6 is 0 Å². The van der Waals surface area contributed by atoms with Crippen LogP contribution in [0.1, 0.15) is 44.9 Å². The molecular formula is C17H29NO5. The molecule has 0 aromatic heterocycles. The largest absolute Gasteiger partial charge is 0.481 e. The van der Waals surface area contributed by atoms with Crippen molar-refractivity contribution < 1.29 is 24.2 Å². The third-order valence-corrected chi connectivity index (χ3v) is 5.51. The van der Waals surface area contributed by atoms with Gasteiger partial charge < -0.3 is 19.5 Å². The quantitative estimate of drug-likeness (QED) is 0.689. The van der Waals surface area contributed by atoms with Crippen LogP contribution in [0, 0.1) is 10.8 Å². The monoisotopic (exact) mass is 327 g/mol. The van der Waals surface area contributed by atoms with Gasteiger partial charge in [-0.15, -0.1) is 0 Å². The molecule has 0 radical (unpaired) electrons. The zero-order valence-electron chi connectivity index (χ0n) is 14.3. The molecule has 6 heteroatoms. The van der Waals surface area contributed by atoms with Crippen LogP contribution in [0.5, 0.6) is 0 Å². The summed E-state index contributed by atoms with van der Waals surface area (Å²) in [6, 6.07) is 0. The number of piperidine rings is 1. The van der Waals surface area contributed by atoms with Crippen LogP contribution in [0.2, 0.25) is 0 Å². The summed E-state index contributed by atoms with van der Waals surface area (Å²) >= 11 is 0. The standard InChI is InChI=1S/C17H29NO5/c1-22-11-5-9-16(15(20)21)8-4-10-18(12-16)14(19)17(13-23-2)6-3-7-17/h3-13H2,1-2H3,(H,20,21)/t16-/m0/s1. The molecule has 1 aliphatic carbocycles. The van der Waals surface area contributed by atoms with E-state index in [1.807, 2.05) is 0 Å². The van der Waals surface area contributed by atoms with Gasteiger partial charge >= 0.3 is 5.97 Å². The second-order valence-electron chi connectivity index (χ2n) is 7.08. The third-order valence-electron chi connectivity index (χ3n) is 5.51. The summed E-state index contributed by atoms with van der Waals surface area (Å²) in [5, 5.41) is 9.76. The Bertz CT molecular complexity index is 435. The Kier molecular flexibility index (Phi) is 6.03. The molecule has 1 heterocycles. The molecule has 0 aromatic rings. The van der Waals surface area contributed by atoms with Gasteiger partial charge in [-0.3, -0.25) is 9.59 Å². The lowest BCUT2D eigenvalue weighted by Gasteiger charge is -2.47. The molecule has 2 rings (SSSR count). The lowest BCUT2D eigenvalue weighted by atomic mass is 9.67. The number of hydrogen-bond donors (Lipinski definition) is 1. The van der Waals surface area contributed by atoms with Crippen molar-refractivity contribution in [1.29, 1.82) is 0 Å². The molecule has 1 amide bonds. The smallest absolute Gasteiger partial charge is 0.311 e. The summed E-state index contributed by atoms with van der Waals surface area (Å²) in [6.45, 7) is 1.96. The highest BCUT2D eigenvalue weighted by Crippen LogP contribution is 2.44. The van der Waals surface area contributed by atoms with Crippen LogP contribution in [-0.2, 0) is 19.1 Å². The molecule has 0 aromatic carbocycles. The third kappa shape index (κ3) is 3.69. The van der Waals surface area contributed by atoms with E-state index in [0.29, 0.717) is 45.6 Å². The van der Waals surface area contributed by atoms with Gasteiger partial charge in [0.15, 0.2) is 0 Å². The fraction of sp³-hybridized carbons (Fsp3) is 0.882.